The number of rotatable bonds is 6. The van der Waals surface area contributed by atoms with Gasteiger partial charge in [-0.1, -0.05) is 12.1 Å². The highest BCUT2D eigenvalue weighted by Crippen LogP contribution is 2.09. The molecule has 0 aliphatic heterocycles. The topological polar surface area (TPSA) is 70.5 Å². The summed E-state index contributed by atoms with van der Waals surface area (Å²) in [6.07, 6.45) is 3.93. The first-order valence-corrected chi connectivity index (χ1v) is 7.75. The van der Waals surface area contributed by atoms with Gasteiger partial charge in [-0.25, -0.2) is 9.48 Å². The standard InChI is InChI=1S/C17H23N5O2/c1-20(2)17(24)18-10-12-21(3)16(23)13-14-5-7-15(8-6-14)22-11-4-9-19-22/h4-9,11H,10,12-13H2,1-3H3,(H,18,24). The second kappa shape index (κ2) is 8.14. The highest BCUT2D eigenvalue weighted by molar-refractivity contribution is 5.78. The summed E-state index contributed by atoms with van der Waals surface area (Å²) in [4.78, 5) is 26.7. The van der Waals surface area contributed by atoms with Gasteiger partial charge in [0.05, 0.1) is 12.1 Å². The molecule has 24 heavy (non-hydrogen) atoms. The van der Waals surface area contributed by atoms with Crippen molar-refractivity contribution in [3.63, 3.8) is 0 Å². The maximum atomic E-state index is 12.2. The third-order valence-electron chi connectivity index (χ3n) is 3.62. The minimum Gasteiger partial charge on any atom is -0.344 e. The van der Waals surface area contributed by atoms with Crippen molar-refractivity contribution < 1.29 is 9.59 Å². The van der Waals surface area contributed by atoms with Crippen LogP contribution in [0.4, 0.5) is 4.79 Å². The number of aromatic nitrogens is 2. The van der Waals surface area contributed by atoms with Gasteiger partial charge in [0, 0.05) is 46.6 Å². The monoisotopic (exact) mass is 329 g/mol. The Morgan fingerprint density at radius 3 is 2.46 bits per heavy atom. The number of likely N-dealkylation sites (N-methyl/N-ethyl adjacent to an activating group) is 1. The average molecular weight is 329 g/mol. The smallest absolute Gasteiger partial charge is 0.316 e. The lowest BCUT2D eigenvalue weighted by molar-refractivity contribution is -0.129. The van der Waals surface area contributed by atoms with Crippen molar-refractivity contribution in [1.82, 2.24) is 24.9 Å². The molecule has 0 atom stereocenters. The van der Waals surface area contributed by atoms with Crippen LogP contribution in [0.15, 0.2) is 42.7 Å². The zero-order chi connectivity index (χ0) is 17.5. The summed E-state index contributed by atoms with van der Waals surface area (Å²) in [6.45, 7) is 0.904. The molecule has 2 aromatic rings. The minimum atomic E-state index is -0.162. The number of hydrogen-bond acceptors (Lipinski definition) is 3. The second-order valence-corrected chi connectivity index (χ2v) is 5.74. The number of carbonyl (C=O) groups is 2. The SMILES string of the molecule is CN(C)C(=O)NCCN(C)C(=O)Cc1ccc(-n2cccn2)cc1. The highest BCUT2D eigenvalue weighted by Gasteiger charge is 2.10. The van der Waals surface area contributed by atoms with Crippen molar-refractivity contribution in [2.24, 2.45) is 0 Å². The fourth-order valence-electron chi connectivity index (χ4n) is 2.11. The lowest BCUT2D eigenvalue weighted by Gasteiger charge is -2.19. The van der Waals surface area contributed by atoms with Gasteiger partial charge >= 0.3 is 6.03 Å². The predicted octanol–water partition coefficient (Wildman–Crippen LogP) is 1.14. The van der Waals surface area contributed by atoms with Crippen LogP contribution in [0.2, 0.25) is 0 Å². The van der Waals surface area contributed by atoms with E-state index < -0.39 is 0 Å². The van der Waals surface area contributed by atoms with Crippen LogP contribution >= 0.6 is 0 Å². The third kappa shape index (κ3) is 4.84. The third-order valence-corrected chi connectivity index (χ3v) is 3.62. The Morgan fingerprint density at radius 2 is 1.88 bits per heavy atom. The summed E-state index contributed by atoms with van der Waals surface area (Å²) in [6, 6.07) is 9.43. The number of amides is 3. The summed E-state index contributed by atoms with van der Waals surface area (Å²) >= 11 is 0. The molecule has 0 spiro atoms. The molecule has 128 valence electrons. The Bertz CT molecular complexity index is 665. The first-order chi connectivity index (χ1) is 11.5. The molecule has 0 radical (unpaired) electrons. The number of carbonyl (C=O) groups excluding carboxylic acids is 2. The summed E-state index contributed by atoms with van der Waals surface area (Å²) in [5.41, 5.74) is 1.90. The molecule has 0 aliphatic rings. The molecule has 7 nitrogen and oxygen atoms in total. The molecular weight excluding hydrogens is 306 g/mol. The van der Waals surface area contributed by atoms with E-state index >= 15 is 0 Å². The van der Waals surface area contributed by atoms with E-state index in [4.69, 9.17) is 0 Å². The van der Waals surface area contributed by atoms with Gasteiger partial charge in [-0.05, 0) is 23.8 Å². The molecule has 1 heterocycles. The summed E-state index contributed by atoms with van der Waals surface area (Å²) in [5, 5.41) is 6.91. The summed E-state index contributed by atoms with van der Waals surface area (Å²) in [5.74, 6) is 0.0148. The molecule has 2 rings (SSSR count). The number of nitrogens with zero attached hydrogens (tertiary/aromatic N) is 4. The van der Waals surface area contributed by atoms with Gasteiger partial charge in [-0.3, -0.25) is 4.79 Å². The van der Waals surface area contributed by atoms with E-state index in [0.29, 0.717) is 19.5 Å². The van der Waals surface area contributed by atoms with Crippen molar-refractivity contribution >= 4 is 11.9 Å². The van der Waals surface area contributed by atoms with Gasteiger partial charge in [0.15, 0.2) is 0 Å². The van der Waals surface area contributed by atoms with E-state index in [9.17, 15) is 9.59 Å². The number of urea groups is 1. The minimum absolute atomic E-state index is 0.0148. The first-order valence-electron chi connectivity index (χ1n) is 7.75. The summed E-state index contributed by atoms with van der Waals surface area (Å²) in [7, 11) is 5.09. The first kappa shape index (κ1) is 17.5. The van der Waals surface area contributed by atoms with E-state index in [1.54, 1.807) is 36.9 Å². The molecule has 1 aromatic carbocycles. The quantitative estimate of drug-likeness (QED) is 0.864. The van der Waals surface area contributed by atoms with Crippen molar-refractivity contribution in [2.75, 3.05) is 34.2 Å². The maximum absolute atomic E-state index is 12.2. The Labute approximate surface area is 141 Å². The van der Waals surface area contributed by atoms with Crippen LogP contribution in [-0.4, -0.2) is 65.8 Å². The van der Waals surface area contributed by atoms with E-state index in [1.165, 1.54) is 4.90 Å². The molecule has 0 saturated carbocycles. The lowest BCUT2D eigenvalue weighted by atomic mass is 10.1. The zero-order valence-corrected chi connectivity index (χ0v) is 14.3. The van der Waals surface area contributed by atoms with Crippen LogP contribution < -0.4 is 5.32 Å². The van der Waals surface area contributed by atoms with Gasteiger partial charge in [0.25, 0.3) is 0 Å². The van der Waals surface area contributed by atoms with Gasteiger partial charge < -0.3 is 15.1 Å². The van der Waals surface area contributed by atoms with Gasteiger partial charge in [-0.2, -0.15) is 5.10 Å². The molecule has 0 fully saturated rings. The van der Waals surface area contributed by atoms with Gasteiger partial charge in [0.2, 0.25) is 5.91 Å². The molecule has 0 unspecified atom stereocenters. The van der Waals surface area contributed by atoms with Gasteiger partial charge in [-0.15, -0.1) is 0 Å². The van der Waals surface area contributed by atoms with Crippen LogP contribution in [0, 0.1) is 0 Å². The number of nitrogens with one attached hydrogen (secondary N) is 1. The van der Waals surface area contributed by atoms with Crippen LogP contribution in [-0.2, 0) is 11.2 Å². The van der Waals surface area contributed by atoms with Crippen molar-refractivity contribution in [2.45, 2.75) is 6.42 Å². The van der Waals surface area contributed by atoms with Crippen molar-refractivity contribution in [1.29, 1.82) is 0 Å². The van der Waals surface area contributed by atoms with E-state index in [2.05, 4.69) is 10.4 Å². The fourth-order valence-corrected chi connectivity index (χ4v) is 2.11. The van der Waals surface area contributed by atoms with E-state index in [0.717, 1.165) is 11.3 Å². The lowest BCUT2D eigenvalue weighted by Crippen LogP contribution is -2.40. The molecule has 0 bridgehead atoms. The van der Waals surface area contributed by atoms with E-state index in [-0.39, 0.29) is 11.9 Å². The largest absolute Gasteiger partial charge is 0.344 e. The maximum Gasteiger partial charge on any atom is 0.316 e. The Kier molecular flexibility index (Phi) is 5.95. The fraction of sp³-hybridized carbons (Fsp3) is 0.353. The predicted molar refractivity (Wildman–Crippen MR) is 92.0 cm³/mol. The Morgan fingerprint density at radius 1 is 1.17 bits per heavy atom. The van der Waals surface area contributed by atoms with Gasteiger partial charge in [0.1, 0.15) is 0 Å². The molecule has 7 heteroatoms. The normalized spacial score (nSPS) is 10.3. The van der Waals surface area contributed by atoms with Crippen LogP contribution in [0.1, 0.15) is 5.56 Å². The average Bonchev–Trinajstić information content (AvgIpc) is 3.09. The second-order valence-electron chi connectivity index (χ2n) is 5.74. The molecule has 3 amide bonds. The zero-order valence-electron chi connectivity index (χ0n) is 14.3. The Hall–Kier alpha value is -2.83. The van der Waals surface area contributed by atoms with Crippen LogP contribution in [0.3, 0.4) is 0 Å². The van der Waals surface area contributed by atoms with Crippen LogP contribution in [0.25, 0.3) is 5.69 Å². The number of benzene rings is 1. The summed E-state index contributed by atoms with van der Waals surface area (Å²) < 4.78 is 1.77. The number of hydrogen-bond donors (Lipinski definition) is 1. The Balaban J connectivity index is 1.82. The highest BCUT2D eigenvalue weighted by atomic mass is 16.2. The molecular formula is C17H23N5O2. The molecule has 0 aliphatic carbocycles. The molecule has 1 N–H and O–H groups in total. The van der Waals surface area contributed by atoms with E-state index in [1.807, 2.05) is 36.5 Å². The molecule has 0 saturated heterocycles. The van der Waals surface area contributed by atoms with Crippen LogP contribution in [0.5, 0.6) is 0 Å². The van der Waals surface area contributed by atoms with Crippen molar-refractivity contribution in [3.05, 3.63) is 48.3 Å². The van der Waals surface area contributed by atoms with Crippen molar-refractivity contribution in [3.8, 4) is 5.69 Å². The molecule has 1 aromatic heterocycles.